The number of carbonyl (C=O) groups is 1. The number of hydrogen-bond acceptors (Lipinski definition) is 20. The predicted octanol–water partition coefficient (Wildman–Crippen LogP) is 7.60. The van der Waals surface area contributed by atoms with E-state index in [4.69, 9.17) is 5.73 Å². The maximum atomic E-state index is 12.7. The van der Waals surface area contributed by atoms with Crippen LogP contribution < -0.4 is 20.9 Å². The zero-order chi connectivity index (χ0) is 45.1. The van der Waals surface area contributed by atoms with Crippen molar-refractivity contribution in [2.75, 3.05) is 28.0 Å². The van der Waals surface area contributed by atoms with Gasteiger partial charge in [-0.15, -0.1) is 32.9 Å². The molecular formula is C35H27F7N16O3S2. The Bertz CT molecular complexity index is 2720. The number of aromatic nitrogens is 12. The monoisotopic (exact) mass is 916 g/mol. The highest BCUT2D eigenvalue weighted by Gasteiger charge is 2.39. The standard InChI is InChI=1S/C18H13F3N8O2S.C16H11F3N8OS.CH3F/c1-10(30)25-11-6-14(27-24-7-11)29(15-8-22-4-5-23-15)9-12-2-3-13(32-12)16-26-17(31-28-16)18(19,20)21;17-16(18,19)15-24-14(26-28-15)11-2-1-10(29-11)8-27(13-7-21-3-4-22-13)12-5-9(20)6-23-25-12;1-2/h2-8H,9H2,1H3,(H,25,27,30);1-7H,8H2,(H2,20,25);1H3. The van der Waals surface area contributed by atoms with Crippen molar-refractivity contribution in [1.82, 2.24) is 60.6 Å². The molecule has 0 aliphatic rings. The molecule has 0 aliphatic heterocycles. The van der Waals surface area contributed by atoms with E-state index in [1.807, 2.05) is 0 Å². The first kappa shape index (κ1) is 44.9. The van der Waals surface area contributed by atoms with Gasteiger partial charge in [0, 0.05) is 53.6 Å². The van der Waals surface area contributed by atoms with Crippen LogP contribution in [0.2, 0.25) is 0 Å². The van der Waals surface area contributed by atoms with E-state index in [1.54, 1.807) is 52.4 Å². The normalized spacial score (nSPS) is 11.2. The van der Waals surface area contributed by atoms with Gasteiger partial charge in [-0.3, -0.25) is 19.2 Å². The lowest BCUT2D eigenvalue weighted by atomic mass is 10.3. The minimum Gasteiger partial charge on any atom is -0.397 e. The van der Waals surface area contributed by atoms with Crippen molar-refractivity contribution < 1.29 is 44.6 Å². The smallest absolute Gasteiger partial charge is 0.397 e. The molecule has 0 atom stereocenters. The van der Waals surface area contributed by atoms with Crippen molar-refractivity contribution in [3.05, 3.63) is 108 Å². The fourth-order valence-corrected chi connectivity index (χ4v) is 6.88. The van der Waals surface area contributed by atoms with Gasteiger partial charge >= 0.3 is 24.1 Å². The molecule has 0 bridgehead atoms. The molecule has 0 saturated heterocycles. The summed E-state index contributed by atoms with van der Waals surface area (Å²) in [5.41, 5.74) is 6.66. The summed E-state index contributed by atoms with van der Waals surface area (Å²) in [5, 5.41) is 25.4. The number of anilines is 6. The van der Waals surface area contributed by atoms with Crippen molar-refractivity contribution in [3.8, 4) is 21.4 Å². The number of rotatable bonds is 11. The van der Waals surface area contributed by atoms with Crippen molar-refractivity contribution in [2.45, 2.75) is 32.4 Å². The van der Waals surface area contributed by atoms with E-state index in [9.17, 15) is 35.5 Å². The average Bonchev–Trinajstić information content (AvgIpc) is 4.11. The molecule has 0 aliphatic carbocycles. The van der Waals surface area contributed by atoms with E-state index in [2.05, 4.69) is 75.0 Å². The third-order valence-corrected chi connectivity index (χ3v) is 9.69. The summed E-state index contributed by atoms with van der Waals surface area (Å²) in [5.74, 6) is -1.58. The van der Waals surface area contributed by atoms with Crippen molar-refractivity contribution in [1.29, 1.82) is 0 Å². The van der Waals surface area contributed by atoms with E-state index in [-0.39, 0.29) is 24.1 Å². The number of nitrogens with one attached hydrogen (secondary N) is 1. The third kappa shape index (κ3) is 11.8. The maximum Gasteiger partial charge on any atom is 0.471 e. The zero-order valence-electron chi connectivity index (χ0n) is 32.0. The number of nitrogen functional groups attached to an aromatic ring is 1. The van der Waals surface area contributed by atoms with E-state index in [0.29, 0.717) is 58.1 Å². The highest BCUT2D eigenvalue weighted by molar-refractivity contribution is 7.15. The number of nitrogens with two attached hydrogens (primary N) is 1. The van der Waals surface area contributed by atoms with Crippen molar-refractivity contribution >= 4 is 63.2 Å². The Morgan fingerprint density at radius 3 is 1.57 bits per heavy atom. The Kier molecular flexibility index (Phi) is 14.1. The van der Waals surface area contributed by atoms with Crippen LogP contribution in [0.1, 0.15) is 28.5 Å². The second kappa shape index (κ2) is 19.8. The minimum atomic E-state index is -4.72. The van der Waals surface area contributed by atoms with Crippen LogP contribution in [0.4, 0.5) is 65.4 Å². The van der Waals surface area contributed by atoms with Gasteiger partial charge in [-0.05, 0) is 24.3 Å². The predicted molar refractivity (Wildman–Crippen MR) is 211 cm³/mol. The molecule has 8 aromatic rings. The van der Waals surface area contributed by atoms with Gasteiger partial charge in [0.2, 0.25) is 17.6 Å². The molecule has 0 spiro atoms. The molecule has 8 rings (SSSR count). The molecular weight excluding hydrogens is 890 g/mol. The summed E-state index contributed by atoms with van der Waals surface area (Å²) in [4.78, 5) is 40.6. The van der Waals surface area contributed by atoms with Gasteiger partial charge in [-0.25, -0.2) is 9.97 Å². The van der Waals surface area contributed by atoms with Gasteiger partial charge in [0.15, 0.2) is 23.3 Å². The highest BCUT2D eigenvalue weighted by Crippen LogP contribution is 2.35. The number of amides is 1. The van der Waals surface area contributed by atoms with Crippen LogP contribution in [-0.2, 0) is 30.2 Å². The minimum absolute atomic E-state index is 0.136. The summed E-state index contributed by atoms with van der Waals surface area (Å²) in [7, 11) is 0.500. The quantitative estimate of drug-likeness (QED) is 0.119. The Hall–Kier alpha value is -7.62. The second-order valence-electron chi connectivity index (χ2n) is 12.0. The summed E-state index contributed by atoms with van der Waals surface area (Å²) < 4.78 is 94.3. The van der Waals surface area contributed by atoms with Gasteiger partial charge in [0.1, 0.15) is 0 Å². The number of thiophene rings is 2. The first-order chi connectivity index (χ1) is 30.2. The Morgan fingerprint density at radius 1 is 0.683 bits per heavy atom. The van der Waals surface area contributed by atoms with E-state index in [0.717, 1.165) is 9.75 Å². The third-order valence-electron chi connectivity index (χ3n) is 7.56. The topological polar surface area (TPSA) is 243 Å². The maximum absolute atomic E-state index is 12.7. The van der Waals surface area contributed by atoms with Crippen LogP contribution in [0.25, 0.3) is 21.4 Å². The number of nitrogens with zero attached hydrogens (tertiary/aromatic N) is 14. The summed E-state index contributed by atoms with van der Waals surface area (Å²) >= 11 is 2.39. The molecule has 1 amide bonds. The first-order valence-corrected chi connectivity index (χ1v) is 19.0. The number of carbonyl (C=O) groups excluding carboxylic acids is 1. The Morgan fingerprint density at radius 2 is 1.16 bits per heavy atom. The molecule has 3 N–H and O–H groups in total. The zero-order valence-corrected chi connectivity index (χ0v) is 33.7. The van der Waals surface area contributed by atoms with Gasteiger partial charge in [0.05, 0.1) is 66.2 Å². The van der Waals surface area contributed by atoms with Gasteiger partial charge in [0.25, 0.3) is 0 Å². The fraction of sp³-hybridized carbons (Fsp3) is 0.171. The van der Waals surface area contributed by atoms with Crippen LogP contribution in [0.15, 0.2) is 95.0 Å². The SMILES string of the molecule is CC(=O)Nc1cnnc(N(Cc2ccc(-c3noc(C(F)(F)F)n3)s2)c2cnccn2)c1.CF.Nc1cnnc(N(Cc2ccc(-c3noc(C(F)(F)F)n3)s2)c2cnccn2)c1. The van der Waals surface area contributed by atoms with Crippen LogP contribution in [0, 0.1) is 0 Å². The number of alkyl halides is 7. The molecule has 0 saturated carbocycles. The van der Waals surface area contributed by atoms with Crippen LogP contribution in [0.5, 0.6) is 0 Å². The van der Waals surface area contributed by atoms with Crippen molar-refractivity contribution in [3.63, 3.8) is 0 Å². The van der Waals surface area contributed by atoms with Gasteiger partial charge < -0.3 is 29.9 Å². The number of hydrogen-bond donors (Lipinski definition) is 2. The molecule has 28 heteroatoms. The van der Waals surface area contributed by atoms with Crippen LogP contribution in [0.3, 0.4) is 0 Å². The molecule has 63 heavy (non-hydrogen) atoms. The molecule has 8 heterocycles. The van der Waals surface area contributed by atoms with Crippen molar-refractivity contribution in [2.24, 2.45) is 0 Å². The van der Waals surface area contributed by atoms with E-state index in [1.165, 1.54) is 73.0 Å². The lowest BCUT2D eigenvalue weighted by Crippen LogP contribution is -2.19. The Labute approximate surface area is 356 Å². The van der Waals surface area contributed by atoms with Crippen LogP contribution in [-0.4, -0.2) is 73.7 Å². The fourth-order valence-electron chi connectivity index (χ4n) is 5.04. The highest BCUT2D eigenvalue weighted by atomic mass is 32.1. The van der Waals surface area contributed by atoms with Gasteiger partial charge in [-0.1, -0.05) is 10.3 Å². The molecule has 0 aromatic carbocycles. The molecule has 0 unspecified atom stereocenters. The summed E-state index contributed by atoms with van der Waals surface area (Å²) in [6.45, 7) is 1.91. The van der Waals surface area contributed by atoms with Crippen LogP contribution >= 0.6 is 22.7 Å². The largest absolute Gasteiger partial charge is 0.471 e. The first-order valence-electron chi connectivity index (χ1n) is 17.3. The molecule has 19 nitrogen and oxygen atoms in total. The number of halogens is 7. The summed E-state index contributed by atoms with van der Waals surface area (Å²) in [6, 6.07) is 9.92. The average molecular weight is 917 g/mol. The second-order valence-corrected chi connectivity index (χ2v) is 14.3. The lowest BCUT2D eigenvalue weighted by molar-refractivity contribution is -0.160. The molecule has 0 fully saturated rings. The molecule has 326 valence electrons. The van der Waals surface area contributed by atoms with E-state index >= 15 is 0 Å². The molecule has 0 radical (unpaired) electrons. The van der Waals surface area contributed by atoms with E-state index < -0.39 is 24.1 Å². The van der Waals surface area contributed by atoms with Gasteiger partial charge in [-0.2, -0.15) is 46.5 Å². The summed E-state index contributed by atoms with van der Waals surface area (Å²) in [6.07, 6.45) is 2.55. The Balaban J connectivity index is 0.000000203. The lowest BCUT2D eigenvalue weighted by Gasteiger charge is -2.21. The molecule has 8 aromatic heterocycles.